The van der Waals surface area contributed by atoms with Crippen LogP contribution in [-0.4, -0.2) is 30.4 Å². The molecule has 0 fully saturated rings. The molecule has 1 heterocycles. The average Bonchev–Trinajstić information content (AvgIpc) is 2.43. The third-order valence-electron chi connectivity index (χ3n) is 3.36. The van der Waals surface area contributed by atoms with E-state index in [1.807, 2.05) is 25.1 Å². The van der Waals surface area contributed by atoms with E-state index in [1.165, 1.54) is 7.05 Å². The third kappa shape index (κ3) is 1.53. The summed E-state index contributed by atoms with van der Waals surface area (Å²) in [5.74, 6) is -0.0405. The van der Waals surface area contributed by atoms with Crippen molar-refractivity contribution in [2.75, 3.05) is 13.7 Å². The first-order chi connectivity index (χ1) is 9.15. The number of ether oxygens (including phenoxy) is 1. The maximum atomic E-state index is 12.3. The minimum absolute atomic E-state index is 0.267. The molecule has 0 aromatic heterocycles. The van der Waals surface area contributed by atoms with Crippen LogP contribution >= 0.6 is 0 Å². The van der Waals surface area contributed by atoms with Crippen LogP contribution in [0.2, 0.25) is 0 Å². The van der Waals surface area contributed by atoms with Crippen molar-refractivity contribution in [2.24, 2.45) is 0 Å². The summed E-state index contributed by atoms with van der Waals surface area (Å²) < 4.78 is 5.52. The maximum absolute atomic E-state index is 12.3. The van der Waals surface area contributed by atoms with E-state index in [2.05, 4.69) is 0 Å². The highest BCUT2D eigenvalue weighted by Crippen LogP contribution is 2.35. The molecule has 0 saturated heterocycles. The van der Waals surface area contributed by atoms with Gasteiger partial charge < -0.3 is 4.74 Å². The molecule has 19 heavy (non-hydrogen) atoms. The first kappa shape index (κ1) is 11.7. The number of nitrogens with zero attached hydrogens (tertiary/aromatic N) is 1. The molecular formula is C15H13NO3. The van der Waals surface area contributed by atoms with Crippen LogP contribution in [-0.2, 0) is 0 Å². The summed E-state index contributed by atoms with van der Waals surface area (Å²) >= 11 is 0. The van der Waals surface area contributed by atoms with Gasteiger partial charge in [-0.1, -0.05) is 18.2 Å². The number of hydrogen-bond acceptors (Lipinski definition) is 3. The van der Waals surface area contributed by atoms with E-state index in [0.717, 1.165) is 10.3 Å². The maximum Gasteiger partial charge on any atom is 0.264 e. The smallest absolute Gasteiger partial charge is 0.264 e. The van der Waals surface area contributed by atoms with Gasteiger partial charge >= 0.3 is 0 Å². The number of carbonyl (C=O) groups excluding carboxylic acids is 2. The predicted octanol–water partition coefficient (Wildman–Crippen LogP) is 2.46. The minimum atomic E-state index is -0.308. The summed E-state index contributed by atoms with van der Waals surface area (Å²) in [5.41, 5.74) is 1.04. The number of carbonyl (C=O) groups is 2. The second-order valence-electron chi connectivity index (χ2n) is 4.44. The van der Waals surface area contributed by atoms with E-state index in [0.29, 0.717) is 28.9 Å². The molecule has 0 unspecified atom stereocenters. The number of imide groups is 1. The Labute approximate surface area is 110 Å². The molecule has 0 radical (unpaired) electrons. The number of hydrogen-bond donors (Lipinski definition) is 0. The average molecular weight is 255 g/mol. The SMILES string of the molecule is CCOc1ccc2cccc3c2c1C(=O)N(C)C3=O. The summed E-state index contributed by atoms with van der Waals surface area (Å²) in [5, 5.41) is 1.58. The summed E-state index contributed by atoms with van der Waals surface area (Å²) in [6, 6.07) is 9.12. The molecule has 0 atom stereocenters. The van der Waals surface area contributed by atoms with Crippen molar-refractivity contribution in [2.45, 2.75) is 6.92 Å². The van der Waals surface area contributed by atoms with Crippen LogP contribution in [0.1, 0.15) is 27.6 Å². The molecule has 1 aliphatic rings. The Morgan fingerprint density at radius 2 is 1.89 bits per heavy atom. The quantitative estimate of drug-likeness (QED) is 0.774. The zero-order valence-corrected chi connectivity index (χ0v) is 10.8. The fourth-order valence-corrected chi connectivity index (χ4v) is 2.47. The monoisotopic (exact) mass is 255 g/mol. The normalized spacial score (nSPS) is 14.1. The molecule has 1 aliphatic heterocycles. The molecule has 4 nitrogen and oxygen atoms in total. The molecule has 0 aliphatic carbocycles. The highest BCUT2D eigenvalue weighted by molar-refractivity contribution is 6.26. The highest BCUT2D eigenvalue weighted by atomic mass is 16.5. The van der Waals surface area contributed by atoms with Crippen molar-refractivity contribution in [3.05, 3.63) is 41.5 Å². The first-order valence-corrected chi connectivity index (χ1v) is 6.16. The van der Waals surface area contributed by atoms with Crippen molar-refractivity contribution < 1.29 is 14.3 Å². The lowest BCUT2D eigenvalue weighted by Crippen LogP contribution is -2.37. The second-order valence-corrected chi connectivity index (χ2v) is 4.44. The van der Waals surface area contributed by atoms with Crippen LogP contribution in [0.3, 0.4) is 0 Å². The van der Waals surface area contributed by atoms with Crippen LogP contribution in [0.5, 0.6) is 5.75 Å². The van der Waals surface area contributed by atoms with Crippen LogP contribution in [0.4, 0.5) is 0 Å². The van der Waals surface area contributed by atoms with Gasteiger partial charge in [0.2, 0.25) is 0 Å². The highest BCUT2D eigenvalue weighted by Gasteiger charge is 2.32. The predicted molar refractivity (Wildman–Crippen MR) is 71.5 cm³/mol. The van der Waals surface area contributed by atoms with Crippen molar-refractivity contribution in [3.63, 3.8) is 0 Å². The van der Waals surface area contributed by atoms with Gasteiger partial charge in [-0.05, 0) is 24.4 Å². The second kappa shape index (κ2) is 4.09. The van der Waals surface area contributed by atoms with E-state index in [-0.39, 0.29) is 11.8 Å². The van der Waals surface area contributed by atoms with Crippen LogP contribution < -0.4 is 4.74 Å². The van der Waals surface area contributed by atoms with E-state index in [1.54, 1.807) is 12.1 Å². The summed E-state index contributed by atoms with van der Waals surface area (Å²) in [4.78, 5) is 25.6. The first-order valence-electron chi connectivity index (χ1n) is 6.16. The Hall–Kier alpha value is -2.36. The molecule has 0 spiro atoms. The van der Waals surface area contributed by atoms with Crippen molar-refractivity contribution in [3.8, 4) is 5.75 Å². The van der Waals surface area contributed by atoms with Gasteiger partial charge in [0.25, 0.3) is 11.8 Å². The van der Waals surface area contributed by atoms with Gasteiger partial charge in [-0.15, -0.1) is 0 Å². The molecule has 0 saturated carbocycles. The Morgan fingerprint density at radius 1 is 1.11 bits per heavy atom. The van der Waals surface area contributed by atoms with Crippen molar-refractivity contribution in [1.29, 1.82) is 0 Å². The number of rotatable bonds is 2. The van der Waals surface area contributed by atoms with Crippen molar-refractivity contribution >= 4 is 22.6 Å². The van der Waals surface area contributed by atoms with Gasteiger partial charge in [-0.3, -0.25) is 14.5 Å². The van der Waals surface area contributed by atoms with Gasteiger partial charge in [0, 0.05) is 18.0 Å². The Balaban J connectivity index is 2.44. The fourth-order valence-electron chi connectivity index (χ4n) is 2.47. The lowest BCUT2D eigenvalue weighted by atomic mass is 9.93. The summed E-state index contributed by atoms with van der Waals surface area (Å²) in [6.07, 6.45) is 0. The number of benzene rings is 2. The summed E-state index contributed by atoms with van der Waals surface area (Å²) in [7, 11) is 1.50. The van der Waals surface area contributed by atoms with Gasteiger partial charge in [-0.25, -0.2) is 0 Å². The zero-order valence-electron chi connectivity index (χ0n) is 10.8. The topological polar surface area (TPSA) is 46.6 Å². The molecule has 0 bridgehead atoms. The molecule has 3 rings (SSSR count). The lowest BCUT2D eigenvalue weighted by molar-refractivity contribution is 0.0648. The number of amides is 2. The van der Waals surface area contributed by atoms with Gasteiger partial charge in [0.05, 0.1) is 12.2 Å². The molecule has 2 amide bonds. The minimum Gasteiger partial charge on any atom is -0.493 e. The van der Waals surface area contributed by atoms with Crippen molar-refractivity contribution in [1.82, 2.24) is 4.90 Å². The third-order valence-corrected chi connectivity index (χ3v) is 3.36. The van der Waals surface area contributed by atoms with E-state index in [4.69, 9.17) is 4.74 Å². The standard InChI is InChI=1S/C15H13NO3/c1-3-19-11-8-7-9-5-4-6-10-12(9)13(11)15(18)16(2)14(10)17/h4-8H,3H2,1-2H3. The summed E-state index contributed by atoms with van der Waals surface area (Å²) in [6.45, 7) is 2.34. The molecule has 2 aromatic carbocycles. The molecule has 96 valence electrons. The molecule has 4 heteroatoms. The van der Waals surface area contributed by atoms with E-state index < -0.39 is 0 Å². The van der Waals surface area contributed by atoms with Gasteiger partial charge in [-0.2, -0.15) is 0 Å². The Kier molecular flexibility index (Phi) is 2.52. The fraction of sp³-hybridized carbons (Fsp3) is 0.200. The van der Waals surface area contributed by atoms with Crippen LogP contribution in [0.15, 0.2) is 30.3 Å². The zero-order chi connectivity index (χ0) is 13.6. The van der Waals surface area contributed by atoms with Crippen LogP contribution in [0, 0.1) is 0 Å². The van der Waals surface area contributed by atoms with E-state index in [9.17, 15) is 9.59 Å². The largest absolute Gasteiger partial charge is 0.493 e. The van der Waals surface area contributed by atoms with Crippen LogP contribution in [0.25, 0.3) is 10.8 Å². The Morgan fingerprint density at radius 3 is 2.63 bits per heavy atom. The van der Waals surface area contributed by atoms with E-state index >= 15 is 0 Å². The lowest BCUT2D eigenvalue weighted by Gasteiger charge is -2.25. The molecule has 0 N–H and O–H groups in total. The Bertz CT molecular complexity index is 706. The van der Waals surface area contributed by atoms with Gasteiger partial charge in [0.1, 0.15) is 5.75 Å². The molecule has 2 aromatic rings. The van der Waals surface area contributed by atoms with Gasteiger partial charge in [0.15, 0.2) is 0 Å². The molecular weight excluding hydrogens is 242 g/mol.